The maximum Gasteiger partial charge on any atom is 0.252 e. The third-order valence-corrected chi connectivity index (χ3v) is 7.53. The maximum absolute atomic E-state index is 13.6. The van der Waals surface area contributed by atoms with Gasteiger partial charge >= 0.3 is 0 Å². The average molecular weight is 473 g/mol. The molecule has 1 atom stereocenters. The molecule has 1 aliphatic carbocycles. The van der Waals surface area contributed by atoms with E-state index in [2.05, 4.69) is 38.7 Å². The van der Waals surface area contributed by atoms with Gasteiger partial charge in [-0.1, -0.05) is 12.1 Å². The van der Waals surface area contributed by atoms with E-state index in [0.717, 1.165) is 85.6 Å². The first-order chi connectivity index (χ1) is 17.1. The number of amides is 1. The highest BCUT2D eigenvalue weighted by Gasteiger charge is 2.47. The van der Waals surface area contributed by atoms with E-state index < -0.39 is 0 Å². The van der Waals surface area contributed by atoms with Crippen LogP contribution in [0.2, 0.25) is 0 Å². The quantitative estimate of drug-likeness (QED) is 0.548. The van der Waals surface area contributed by atoms with Crippen molar-refractivity contribution in [2.75, 3.05) is 44.4 Å². The molecule has 1 amide bonds. The molecule has 6 rings (SSSR count). The van der Waals surface area contributed by atoms with E-state index in [4.69, 9.17) is 9.47 Å². The number of pyridine rings is 1. The van der Waals surface area contributed by atoms with Gasteiger partial charge in [0.1, 0.15) is 12.4 Å². The standard InChI is InChI=1S/C28H32N4O3/c1-19-4-5-22(35-18-20-6-10-29-20)17-24(19)27(33)31-28(7-8-28)25-15-21(32-11-13-34-14-12-32)16-26-23(25)3-2-9-30-26/h2-5,9,15-17,20,29H,6-8,10-14,18H2,1H3,(H,31,33)/t20-/m0/s1. The molecule has 2 aliphatic heterocycles. The van der Waals surface area contributed by atoms with Crippen molar-refractivity contribution >= 4 is 22.5 Å². The molecule has 0 spiro atoms. The Kier molecular flexibility index (Phi) is 5.82. The molecule has 7 nitrogen and oxygen atoms in total. The third-order valence-electron chi connectivity index (χ3n) is 7.53. The van der Waals surface area contributed by atoms with Crippen molar-refractivity contribution in [2.45, 2.75) is 37.8 Å². The second-order valence-electron chi connectivity index (χ2n) is 9.93. The van der Waals surface area contributed by atoms with Crippen LogP contribution in [0.15, 0.2) is 48.7 Å². The van der Waals surface area contributed by atoms with Crippen molar-refractivity contribution < 1.29 is 14.3 Å². The summed E-state index contributed by atoms with van der Waals surface area (Å²) >= 11 is 0. The molecule has 2 aromatic carbocycles. The number of anilines is 1. The monoisotopic (exact) mass is 472 g/mol. The lowest BCUT2D eigenvalue weighted by Crippen LogP contribution is -2.46. The Morgan fingerprint density at radius 3 is 2.80 bits per heavy atom. The van der Waals surface area contributed by atoms with Crippen LogP contribution in [-0.2, 0) is 10.3 Å². The largest absolute Gasteiger partial charge is 0.492 e. The van der Waals surface area contributed by atoms with Crippen LogP contribution < -0.4 is 20.3 Å². The molecule has 2 saturated heterocycles. The molecule has 182 valence electrons. The molecule has 0 bridgehead atoms. The molecule has 0 radical (unpaired) electrons. The fourth-order valence-corrected chi connectivity index (χ4v) is 5.06. The number of hydrogen-bond donors (Lipinski definition) is 2. The summed E-state index contributed by atoms with van der Waals surface area (Å²) in [6.07, 6.45) is 4.80. The number of nitrogens with zero attached hydrogens (tertiary/aromatic N) is 2. The summed E-state index contributed by atoms with van der Waals surface area (Å²) in [6, 6.07) is 14.7. The summed E-state index contributed by atoms with van der Waals surface area (Å²) in [5.41, 5.74) is 4.50. The molecule has 2 N–H and O–H groups in total. The molecule has 3 fully saturated rings. The van der Waals surface area contributed by atoms with Crippen LogP contribution in [0.3, 0.4) is 0 Å². The minimum absolute atomic E-state index is 0.0546. The number of ether oxygens (including phenoxy) is 2. The van der Waals surface area contributed by atoms with Crippen LogP contribution in [0.4, 0.5) is 5.69 Å². The van der Waals surface area contributed by atoms with Crippen molar-refractivity contribution in [1.82, 2.24) is 15.6 Å². The zero-order valence-electron chi connectivity index (χ0n) is 20.2. The Morgan fingerprint density at radius 1 is 1.23 bits per heavy atom. The number of aromatic nitrogens is 1. The smallest absolute Gasteiger partial charge is 0.252 e. The number of carbonyl (C=O) groups is 1. The minimum atomic E-state index is -0.375. The molecule has 3 aliphatic rings. The van der Waals surface area contributed by atoms with Crippen LogP contribution in [0.1, 0.15) is 40.7 Å². The fourth-order valence-electron chi connectivity index (χ4n) is 5.06. The Hall–Kier alpha value is -3.16. The summed E-state index contributed by atoms with van der Waals surface area (Å²) in [5.74, 6) is 0.685. The second kappa shape index (κ2) is 9.13. The van der Waals surface area contributed by atoms with Gasteiger partial charge in [0, 0.05) is 42.0 Å². The molecule has 3 heterocycles. The number of fused-ring (bicyclic) bond motifs is 1. The van der Waals surface area contributed by atoms with Gasteiger partial charge in [0.25, 0.3) is 5.91 Å². The number of nitrogens with one attached hydrogen (secondary N) is 2. The first-order valence-corrected chi connectivity index (χ1v) is 12.6. The zero-order chi connectivity index (χ0) is 23.8. The molecule has 7 heteroatoms. The molecule has 0 unspecified atom stereocenters. The van der Waals surface area contributed by atoms with E-state index in [0.29, 0.717) is 18.2 Å². The lowest BCUT2D eigenvalue weighted by Gasteiger charge is -2.30. The molecular formula is C28H32N4O3. The Labute approximate surface area is 205 Å². The number of rotatable bonds is 7. The van der Waals surface area contributed by atoms with E-state index in [9.17, 15) is 4.79 Å². The number of hydrogen-bond acceptors (Lipinski definition) is 6. The SMILES string of the molecule is Cc1ccc(OC[C@@H]2CCN2)cc1C(=O)NC1(c2cc(N3CCOCC3)cc3ncccc23)CC1. The summed E-state index contributed by atoms with van der Waals surface area (Å²) in [4.78, 5) is 20.6. The molecular weight excluding hydrogens is 440 g/mol. The van der Waals surface area contributed by atoms with Crippen molar-refractivity contribution in [3.05, 3.63) is 65.4 Å². The first kappa shape index (κ1) is 22.3. The highest BCUT2D eigenvalue weighted by atomic mass is 16.5. The predicted molar refractivity (Wildman–Crippen MR) is 136 cm³/mol. The van der Waals surface area contributed by atoms with Gasteiger partial charge in [0.15, 0.2) is 0 Å². The summed E-state index contributed by atoms with van der Waals surface area (Å²) < 4.78 is 11.5. The van der Waals surface area contributed by atoms with Gasteiger partial charge in [-0.15, -0.1) is 0 Å². The van der Waals surface area contributed by atoms with Crippen molar-refractivity contribution in [3.8, 4) is 5.75 Å². The van der Waals surface area contributed by atoms with Gasteiger partial charge < -0.3 is 25.0 Å². The molecule has 1 aromatic heterocycles. The summed E-state index contributed by atoms with van der Waals surface area (Å²) in [5, 5.41) is 7.85. The van der Waals surface area contributed by atoms with Gasteiger partial charge in [-0.05, 0) is 74.2 Å². The van der Waals surface area contributed by atoms with E-state index in [1.165, 1.54) is 0 Å². The number of benzene rings is 2. The zero-order valence-corrected chi connectivity index (χ0v) is 20.2. The Balaban J connectivity index is 1.28. The Bertz CT molecular complexity index is 1250. The van der Waals surface area contributed by atoms with Gasteiger partial charge in [0.2, 0.25) is 0 Å². The molecule has 35 heavy (non-hydrogen) atoms. The van der Waals surface area contributed by atoms with Gasteiger partial charge in [-0.2, -0.15) is 0 Å². The van der Waals surface area contributed by atoms with Gasteiger partial charge in [-0.25, -0.2) is 0 Å². The Morgan fingerprint density at radius 2 is 2.06 bits per heavy atom. The summed E-state index contributed by atoms with van der Waals surface area (Å²) in [6.45, 7) is 6.83. The van der Waals surface area contributed by atoms with Crippen LogP contribution in [0.5, 0.6) is 5.75 Å². The summed E-state index contributed by atoms with van der Waals surface area (Å²) in [7, 11) is 0. The topological polar surface area (TPSA) is 75.7 Å². The van der Waals surface area contributed by atoms with Crippen LogP contribution >= 0.6 is 0 Å². The highest BCUT2D eigenvalue weighted by molar-refractivity contribution is 5.97. The first-order valence-electron chi connectivity index (χ1n) is 12.6. The van der Waals surface area contributed by atoms with Crippen molar-refractivity contribution in [3.63, 3.8) is 0 Å². The predicted octanol–water partition coefficient (Wildman–Crippen LogP) is 3.54. The minimum Gasteiger partial charge on any atom is -0.492 e. The normalized spacial score (nSPS) is 20.8. The number of carbonyl (C=O) groups excluding carboxylic acids is 1. The van der Waals surface area contributed by atoms with E-state index >= 15 is 0 Å². The van der Waals surface area contributed by atoms with Crippen LogP contribution in [0.25, 0.3) is 10.9 Å². The average Bonchev–Trinajstić information content (AvgIpc) is 3.64. The van der Waals surface area contributed by atoms with Crippen molar-refractivity contribution in [1.29, 1.82) is 0 Å². The van der Waals surface area contributed by atoms with Crippen molar-refractivity contribution in [2.24, 2.45) is 0 Å². The lowest BCUT2D eigenvalue weighted by molar-refractivity contribution is 0.0930. The van der Waals surface area contributed by atoms with E-state index in [1.54, 1.807) is 0 Å². The second-order valence-corrected chi connectivity index (χ2v) is 9.93. The third kappa shape index (κ3) is 4.46. The van der Waals surface area contributed by atoms with Gasteiger partial charge in [0.05, 0.1) is 24.3 Å². The van der Waals surface area contributed by atoms with E-state index in [1.807, 2.05) is 37.4 Å². The lowest BCUT2D eigenvalue weighted by atomic mass is 9.97. The number of morpholine rings is 1. The van der Waals surface area contributed by atoms with Crippen LogP contribution in [0, 0.1) is 6.92 Å². The molecule has 1 saturated carbocycles. The van der Waals surface area contributed by atoms with Gasteiger partial charge in [-0.3, -0.25) is 9.78 Å². The van der Waals surface area contributed by atoms with E-state index in [-0.39, 0.29) is 11.4 Å². The highest BCUT2D eigenvalue weighted by Crippen LogP contribution is 2.49. The number of aryl methyl sites for hydroxylation is 1. The fraction of sp³-hybridized carbons (Fsp3) is 0.429. The molecule has 3 aromatic rings. The maximum atomic E-state index is 13.6. The van der Waals surface area contributed by atoms with Crippen LogP contribution in [-0.4, -0.2) is 56.4 Å².